The van der Waals surface area contributed by atoms with Gasteiger partial charge < -0.3 is 4.57 Å². The van der Waals surface area contributed by atoms with Gasteiger partial charge in [0.2, 0.25) is 0 Å². The van der Waals surface area contributed by atoms with E-state index >= 15 is 0 Å². The number of para-hydroxylation sites is 1. The molecule has 5 aromatic rings. The average Bonchev–Trinajstić information content (AvgIpc) is 3.08. The Morgan fingerprint density at radius 3 is 2.42 bits per heavy atom. The summed E-state index contributed by atoms with van der Waals surface area (Å²) in [5.74, 6) is -0.418. The maximum Gasteiger partial charge on any atom is 0.278 e. The summed E-state index contributed by atoms with van der Waals surface area (Å²) < 4.78 is 17.8. The third-order valence-electron chi connectivity index (χ3n) is 5.41. The number of aromatic nitrogens is 3. The van der Waals surface area contributed by atoms with E-state index in [9.17, 15) is 9.18 Å². The van der Waals surface area contributed by atoms with Gasteiger partial charge in [-0.1, -0.05) is 65.7 Å². The lowest BCUT2D eigenvalue weighted by molar-refractivity contribution is 0.603. The van der Waals surface area contributed by atoms with Gasteiger partial charge in [-0.05, 0) is 29.8 Å². The van der Waals surface area contributed by atoms with E-state index < -0.39 is 5.82 Å². The Balaban J connectivity index is 1.75. The van der Waals surface area contributed by atoms with Crippen molar-refractivity contribution >= 4 is 45.1 Å². The summed E-state index contributed by atoms with van der Waals surface area (Å²) in [6.45, 7) is 0.395. The monoisotopic (exact) mass is 451 g/mol. The molecular weight excluding hydrogens is 436 g/mol. The molecule has 0 aliphatic rings. The molecule has 0 amide bonds. The van der Waals surface area contributed by atoms with E-state index in [-0.39, 0.29) is 18.6 Å². The predicted molar refractivity (Wildman–Crippen MR) is 123 cm³/mol. The van der Waals surface area contributed by atoms with Crippen molar-refractivity contribution in [2.75, 3.05) is 0 Å². The molecule has 0 aliphatic heterocycles. The Hall–Kier alpha value is -3.15. The smallest absolute Gasteiger partial charge is 0.278 e. The van der Waals surface area contributed by atoms with Crippen molar-refractivity contribution in [3.8, 4) is 0 Å². The van der Waals surface area contributed by atoms with Crippen molar-refractivity contribution in [3.63, 3.8) is 0 Å². The average molecular weight is 452 g/mol. The Morgan fingerprint density at radius 1 is 0.871 bits per heavy atom. The first-order valence-corrected chi connectivity index (χ1v) is 10.4. The third kappa shape index (κ3) is 3.40. The van der Waals surface area contributed by atoms with Crippen LogP contribution in [0.15, 0.2) is 77.9 Å². The highest BCUT2D eigenvalue weighted by atomic mass is 35.5. The van der Waals surface area contributed by atoms with Gasteiger partial charge in [0.15, 0.2) is 0 Å². The van der Waals surface area contributed by atoms with Crippen molar-refractivity contribution in [2.24, 2.45) is 0 Å². The Labute approximate surface area is 187 Å². The van der Waals surface area contributed by atoms with Crippen LogP contribution in [0, 0.1) is 5.82 Å². The summed E-state index contributed by atoms with van der Waals surface area (Å²) in [7, 11) is 0. The van der Waals surface area contributed by atoms with Gasteiger partial charge in [0.05, 0.1) is 24.9 Å². The highest BCUT2D eigenvalue weighted by molar-refractivity contribution is 6.31. The number of fused-ring (bicyclic) bond motifs is 3. The molecule has 0 N–H and O–H groups in total. The first-order chi connectivity index (χ1) is 15.0. The van der Waals surface area contributed by atoms with Crippen LogP contribution in [0.2, 0.25) is 10.0 Å². The molecule has 4 nitrogen and oxygen atoms in total. The second kappa shape index (κ2) is 7.84. The van der Waals surface area contributed by atoms with Gasteiger partial charge in [-0.25, -0.2) is 9.37 Å². The topological polar surface area (TPSA) is 39.8 Å². The minimum Gasteiger partial charge on any atom is -0.330 e. The summed E-state index contributed by atoms with van der Waals surface area (Å²) >= 11 is 12.6. The van der Waals surface area contributed by atoms with Crippen LogP contribution in [0.4, 0.5) is 4.39 Å². The molecule has 0 unspecified atom stereocenters. The van der Waals surface area contributed by atoms with Gasteiger partial charge in [-0.3, -0.25) is 9.36 Å². The first-order valence-electron chi connectivity index (χ1n) is 9.67. The standard InChI is InChI=1S/C24H16Cl2FN3O/c25-18-8-3-1-6-15(18)12-29-14-28-22-16-7-2-4-11-21(16)30(23(22)24(29)31)13-17-19(26)9-5-10-20(17)27/h1-11,14H,12-13H2. The van der Waals surface area contributed by atoms with Gasteiger partial charge in [0.1, 0.15) is 16.9 Å². The molecule has 0 saturated carbocycles. The van der Waals surface area contributed by atoms with Crippen molar-refractivity contribution < 1.29 is 4.39 Å². The predicted octanol–water partition coefficient (Wildman–Crippen LogP) is 5.89. The minimum absolute atomic E-state index is 0.114. The van der Waals surface area contributed by atoms with Crippen molar-refractivity contribution in [1.29, 1.82) is 0 Å². The largest absolute Gasteiger partial charge is 0.330 e. The molecule has 0 aliphatic carbocycles. The fourth-order valence-corrected chi connectivity index (χ4v) is 4.30. The fraction of sp³-hybridized carbons (Fsp3) is 0.0833. The molecule has 0 fully saturated rings. The van der Waals surface area contributed by atoms with Crippen LogP contribution >= 0.6 is 23.2 Å². The second-order valence-corrected chi connectivity index (χ2v) is 8.08. The molecule has 31 heavy (non-hydrogen) atoms. The number of nitrogens with zero attached hydrogens (tertiary/aromatic N) is 3. The Kier molecular flexibility index (Phi) is 5.00. The van der Waals surface area contributed by atoms with E-state index in [0.717, 1.165) is 16.5 Å². The quantitative estimate of drug-likeness (QED) is 0.341. The molecule has 0 bridgehead atoms. The van der Waals surface area contributed by atoms with Crippen molar-refractivity contribution in [2.45, 2.75) is 13.1 Å². The lowest BCUT2D eigenvalue weighted by atomic mass is 10.2. The maximum absolute atomic E-state index is 14.5. The lowest BCUT2D eigenvalue weighted by Gasteiger charge is -2.11. The van der Waals surface area contributed by atoms with Crippen molar-refractivity contribution in [3.05, 3.63) is 110 Å². The molecule has 0 spiro atoms. The van der Waals surface area contributed by atoms with Crippen LogP contribution in [-0.2, 0) is 13.1 Å². The highest BCUT2D eigenvalue weighted by Crippen LogP contribution is 2.29. The van der Waals surface area contributed by atoms with E-state index in [1.165, 1.54) is 17.0 Å². The SMILES string of the molecule is O=c1c2c(ncn1Cc1ccccc1Cl)c1ccccc1n2Cc1c(F)cccc1Cl. The van der Waals surface area contributed by atoms with E-state index in [1.54, 1.807) is 22.8 Å². The summed E-state index contributed by atoms with van der Waals surface area (Å²) in [6.07, 6.45) is 1.53. The van der Waals surface area contributed by atoms with Crippen molar-refractivity contribution in [1.82, 2.24) is 14.1 Å². The van der Waals surface area contributed by atoms with Gasteiger partial charge in [-0.15, -0.1) is 0 Å². The molecule has 0 saturated heterocycles. The van der Waals surface area contributed by atoms with Crippen LogP contribution < -0.4 is 5.56 Å². The number of benzene rings is 3. The summed E-state index contributed by atoms with van der Waals surface area (Å²) in [4.78, 5) is 18.1. The van der Waals surface area contributed by atoms with Crippen LogP contribution in [0.25, 0.3) is 21.9 Å². The molecule has 2 heterocycles. The first kappa shape index (κ1) is 19.8. The van der Waals surface area contributed by atoms with Gasteiger partial charge in [0, 0.05) is 21.0 Å². The molecular formula is C24H16Cl2FN3O. The molecule has 0 radical (unpaired) electrons. The minimum atomic E-state index is -0.418. The van der Waals surface area contributed by atoms with Crippen LogP contribution in [0.3, 0.4) is 0 Å². The molecule has 154 valence electrons. The van der Waals surface area contributed by atoms with Gasteiger partial charge in [0.25, 0.3) is 5.56 Å². The summed E-state index contributed by atoms with van der Waals surface area (Å²) in [5, 5.41) is 1.71. The molecule has 0 atom stereocenters. The third-order valence-corrected chi connectivity index (χ3v) is 6.13. The van der Waals surface area contributed by atoms with Crippen LogP contribution in [0.1, 0.15) is 11.1 Å². The van der Waals surface area contributed by atoms with E-state index in [0.29, 0.717) is 26.6 Å². The zero-order chi connectivity index (χ0) is 21.5. The van der Waals surface area contributed by atoms with E-state index in [1.807, 2.05) is 42.5 Å². The molecule has 7 heteroatoms. The number of hydrogen-bond donors (Lipinski definition) is 0. The fourth-order valence-electron chi connectivity index (χ4n) is 3.88. The van der Waals surface area contributed by atoms with Gasteiger partial charge >= 0.3 is 0 Å². The number of halogens is 3. The Morgan fingerprint density at radius 2 is 1.61 bits per heavy atom. The zero-order valence-corrected chi connectivity index (χ0v) is 17.7. The number of hydrogen-bond acceptors (Lipinski definition) is 2. The Bertz CT molecular complexity index is 1490. The summed E-state index contributed by atoms with van der Waals surface area (Å²) in [5.41, 5.74) is 2.67. The molecule has 2 aromatic heterocycles. The highest BCUT2D eigenvalue weighted by Gasteiger charge is 2.19. The van der Waals surface area contributed by atoms with E-state index in [4.69, 9.17) is 23.2 Å². The summed E-state index contributed by atoms with van der Waals surface area (Å²) in [6, 6.07) is 19.5. The zero-order valence-electron chi connectivity index (χ0n) is 16.2. The number of rotatable bonds is 4. The maximum atomic E-state index is 14.5. The van der Waals surface area contributed by atoms with Gasteiger partial charge in [-0.2, -0.15) is 0 Å². The second-order valence-electron chi connectivity index (χ2n) is 7.27. The van der Waals surface area contributed by atoms with Crippen LogP contribution in [0.5, 0.6) is 0 Å². The normalized spacial score (nSPS) is 11.5. The van der Waals surface area contributed by atoms with E-state index in [2.05, 4.69) is 4.98 Å². The lowest BCUT2D eigenvalue weighted by Crippen LogP contribution is -2.23. The molecule has 3 aromatic carbocycles. The van der Waals surface area contributed by atoms with Crippen LogP contribution in [-0.4, -0.2) is 14.1 Å². The molecule has 5 rings (SSSR count).